The number of Topliss-reactive ketones (excluding diaryl/α,β-unsaturated/α-hetero) is 1. The monoisotopic (exact) mass is 146 g/mol. The standard InChI is InChI=1S/C7H8F2O/c8-5-3-7(6(5)9)1-4(10)2-7/h5-6H,1-3H2. The van der Waals surface area contributed by atoms with E-state index in [1.807, 2.05) is 0 Å². The lowest BCUT2D eigenvalue weighted by Gasteiger charge is -2.52. The van der Waals surface area contributed by atoms with Crippen molar-refractivity contribution in [2.75, 3.05) is 0 Å². The first-order valence-corrected chi connectivity index (χ1v) is 3.44. The van der Waals surface area contributed by atoms with Crippen LogP contribution in [0.15, 0.2) is 0 Å². The highest BCUT2D eigenvalue weighted by Crippen LogP contribution is 2.56. The Balaban J connectivity index is 2.03. The van der Waals surface area contributed by atoms with Crippen LogP contribution in [0.2, 0.25) is 0 Å². The van der Waals surface area contributed by atoms with E-state index in [-0.39, 0.29) is 25.0 Å². The molecule has 3 heteroatoms. The van der Waals surface area contributed by atoms with Gasteiger partial charge >= 0.3 is 0 Å². The summed E-state index contributed by atoms with van der Waals surface area (Å²) in [6.07, 6.45) is -1.85. The SMILES string of the molecule is O=C1CC2(C1)CC(F)C2F. The number of hydrogen-bond acceptors (Lipinski definition) is 1. The summed E-state index contributed by atoms with van der Waals surface area (Å²) in [6.45, 7) is 0. The Hall–Kier alpha value is -0.470. The zero-order valence-corrected chi connectivity index (χ0v) is 5.44. The normalized spacial score (nSPS) is 42.8. The highest BCUT2D eigenvalue weighted by Gasteiger charge is 2.61. The highest BCUT2D eigenvalue weighted by atomic mass is 19.2. The van der Waals surface area contributed by atoms with Crippen molar-refractivity contribution in [2.45, 2.75) is 31.6 Å². The summed E-state index contributed by atoms with van der Waals surface area (Å²) in [6, 6.07) is 0. The molecule has 56 valence electrons. The van der Waals surface area contributed by atoms with Gasteiger partial charge in [0.2, 0.25) is 0 Å². The van der Waals surface area contributed by atoms with E-state index in [2.05, 4.69) is 0 Å². The van der Waals surface area contributed by atoms with Gasteiger partial charge in [-0.15, -0.1) is 0 Å². The minimum absolute atomic E-state index is 0.0783. The lowest BCUT2D eigenvalue weighted by Crippen LogP contribution is -2.59. The number of halogens is 2. The van der Waals surface area contributed by atoms with Crippen molar-refractivity contribution in [3.8, 4) is 0 Å². The molecule has 0 amide bonds. The fraction of sp³-hybridized carbons (Fsp3) is 0.857. The summed E-state index contributed by atoms with van der Waals surface area (Å²) >= 11 is 0. The highest BCUT2D eigenvalue weighted by molar-refractivity contribution is 5.87. The molecule has 0 bridgehead atoms. The van der Waals surface area contributed by atoms with E-state index in [9.17, 15) is 13.6 Å². The molecule has 0 N–H and O–H groups in total. The van der Waals surface area contributed by atoms with Gasteiger partial charge in [-0.3, -0.25) is 4.79 Å². The van der Waals surface area contributed by atoms with E-state index < -0.39 is 17.8 Å². The largest absolute Gasteiger partial charge is 0.300 e. The van der Waals surface area contributed by atoms with E-state index in [1.54, 1.807) is 0 Å². The third kappa shape index (κ3) is 0.534. The van der Waals surface area contributed by atoms with Crippen LogP contribution in [-0.2, 0) is 4.79 Å². The van der Waals surface area contributed by atoms with E-state index in [1.165, 1.54) is 0 Å². The Bertz CT molecular complexity index is 182. The smallest absolute Gasteiger partial charge is 0.138 e. The van der Waals surface area contributed by atoms with E-state index in [0.717, 1.165) is 0 Å². The van der Waals surface area contributed by atoms with Crippen molar-refractivity contribution >= 4 is 5.78 Å². The number of alkyl halides is 2. The number of hydrogen-bond donors (Lipinski definition) is 0. The molecule has 2 fully saturated rings. The van der Waals surface area contributed by atoms with Crippen LogP contribution in [0.1, 0.15) is 19.3 Å². The molecule has 0 aromatic rings. The number of rotatable bonds is 0. The van der Waals surface area contributed by atoms with Gasteiger partial charge in [-0.05, 0) is 6.42 Å². The summed E-state index contributed by atoms with van der Waals surface area (Å²) in [7, 11) is 0. The lowest BCUT2D eigenvalue weighted by molar-refractivity contribution is -0.161. The van der Waals surface area contributed by atoms with E-state index in [0.29, 0.717) is 0 Å². The summed E-state index contributed by atoms with van der Waals surface area (Å²) < 4.78 is 24.9. The van der Waals surface area contributed by atoms with E-state index >= 15 is 0 Å². The minimum atomic E-state index is -1.36. The van der Waals surface area contributed by atoms with Crippen LogP contribution in [0.5, 0.6) is 0 Å². The van der Waals surface area contributed by atoms with Gasteiger partial charge in [0.05, 0.1) is 0 Å². The molecule has 2 atom stereocenters. The Morgan fingerprint density at radius 2 is 2.00 bits per heavy atom. The maximum Gasteiger partial charge on any atom is 0.138 e. The molecular weight excluding hydrogens is 138 g/mol. The third-order valence-electron chi connectivity index (χ3n) is 2.60. The maximum absolute atomic E-state index is 12.7. The molecule has 0 radical (unpaired) electrons. The second kappa shape index (κ2) is 1.57. The maximum atomic E-state index is 12.7. The number of carbonyl (C=O) groups is 1. The molecule has 0 aliphatic heterocycles. The molecule has 2 aliphatic carbocycles. The quantitative estimate of drug-likeness (QED) is 0.505. The zero-order valence-electron chi connectivity index (χ0n) is 5.44. The fourth-order valence-electron chi connectivity index (χ4n) is 1.90. The van der Waals surface area contributed by atoms with E-state index in [4.69, 9.17) is 0 Å². The zero-order chi connectivity index (χ0) is 7.35. The molecule has 0 heterocycles. The molecule has 0 saturated heterocycles. The average molecular weight is 146 g/mol. The van der Waals surface area contributed by atoms with Crippen LogP contribution in [0.25, 0.3) is 0 Å². The predicted molar refractivity (Wildman–Crippen MR) is 31.1 cm³/mol. The van der Waals surface area contributed by atoms with Crippen molar-refractivity contribution in [1.82, 2.24) is 0 Å². The van der Waals surface area contributed by atoms with Crippen LogP contribution in [0.3, 0.4) is 0 Å². The van der Waals surface area contributed by atoms with Gasteiger partial charge in [-0.25, -0.2) is 8.78 Å². The van der Waals surface area contributed by atoms with Gasteiger partial charge in [-0.2, -0.15) is 0 Å². The van der Waals surface area contributed by atoms with Gasteiger partial charge in [0.25, 0.3) is 0 Å². The van der Waals surface area contributed by atoms with Crippen molar-refractivity contribution in [3.05, 3.63) is 0 Å². The molecule has 2 aliphatic rings. The number of carbonyl (C=O) groups excluding carboxylic acids is 1. The van der Waals surface area contributed by atoms with Gasteiger partial charge in [0, 0.05) is 18.3 Å². The van der Waals surface area contributed by atoms with Crippen LogP contribution in [0.4, 0.5) is 8.78 Å². The topological polar surface area (TPSA) is 17.1 Å². The Labute approximate surface area is 57.4 Å². The third-order valence-corrected chi connectivity index (χ3v) is 2.60. The van der Waals surface area contributed by atoms with Crippen molar-refractivity contribution < 1.29 is 13.6 Å². The molecule has 1 spiro atoms. The number of ketones is 1. The average Bonchev–Trinajstić information content (AvgIpc) is 1.84. The molecule has 0 aromatic heterocycles. The van der Waals surface area contributed by atoms with Crippen LogP contribution >= 0.6 is 0 Å². The lowest BCUT2D eigenvalue weighted by atomic mass is 9.53. The van der Waals surface area contributed by atoms with Crippen molar-refractivity contribution in [1.29, 1.82) is 0 Å². The summed E-state index contributed by atoms with van der Waals surface area (Å²) in [5, 5.41) is 0. The Morgan fingerprint density at radius 1 is 1.40 bits per heavy atom. The summed E-state index contributed by atoms with van der Waals surface area (Å²) in [5.74, 6) is 0.0783. The van der Waals surface area contributed by atoms with Crippen molar-refractivity contribution in [2.24, 2.45) is 5.41 Å². The van der Waals surface area contributed by atoms with Crippen LogP contribution in [0, 0.1) is 5.41 Å². The second-order valence-corrected chi connectivity index (χ2v) is 3.38. The molecule has 10 heavy (non-hydrogen) atoms. The predicted octanol–water partition coefficient (Wildman–Crippen LogP) is 1.42. The second-order valence-electron chi connectivity index (χ2n) is 3.38. The van der Waals surface area contributed by atoms with Crippen LogP contribution < -0.4 is 0 Å². The van der Waals surface area contributed by atoms with Gasteiger partial charge in [-0.1, -0.05) is 0 Å². The first-order valence-electron chi connectivity index (χ1n) is 3.44. The first kappa shape index (κ1) is 6.25. The van der Waals surface area contributed by atoms with Crippen LogP contribution in [-0.4, -0.2) is 18.1 Å². The Morgan fingerprint density at radius 3 is 2.30 bits per heavy atom. The molecule has 2 saturated carbocycles. The molecule has 1 nitrogen and oxygen atoms in total. The molecule has 2 rings (SSSR count). The first-order chi connectivity index (χ1) is 4.64. The van der Waals surface area contributed by atoms with Gasteiger partial charge in [0.15, 0.2) is 0 Å². The fourth-order valence-corrected chi connectivity index (χ4v) is 1.90. The van der Waals surface area contributed by atoms with Crippen molar-refractivity contribution in [3.63, 3.8) is 0 Å². The summed E-state index contributed by atoms with van der Waals surface area (Å²) in [5.41, 5.74) is -0.545. The minimum Gasteiger partial charge on any atom is -0.300 e. The van der Waals surface area contributed by atoms with Gasteiger partial charge < -0.3 is 0 Å². The molecule has 2 unspecified atom stereocenters. The molecular formula is C7H8F2O. The Kier molecular flexibility index (Phi) is 0.984. The summed E-state index contributed by atoms with van der Waals surface area (Å²) in [4.78, 5) is 10.5. The molecule has 0 aromatic carbocycles. The van der Waals surface area contributed by atoms with Gasteiger partial charge in [0.1, 0.15) is 18.1 Å².